The van der Waals surface area contributed by atoms with Gasteiger partial charge in [-0.3, -0.25) is 4.98 Å². The highest BCUT2D eigenvalue weighted by atomic mass is 19.4. The fraction of sp³-hybridized carbons (Fsp3) is 0.654. The Balaban J connectivity index is 0.000000261. The van der Waals surface area contributed by atoms with E-state index in [9.17, 15) is 22.0 Å². The van der Waals surface area contributed by atoms with Crippen molar-refractivity contribution < 1.29 is 26.7 Å². The Morgan fingerprint density at radius 3 is 2.05 bits per heavy atom. The summed E-state index contributed by atoms with van der Waals surface area (Å²) in [5.41, 5.74) is 14.6. The molecule has 3 heterocycles. The smallest absolute Gasteiger partial charge is 0.398 e. The first-order chi connectivity index (χ1) is 18.2. The minimum atomic E-state index is -4.49. The fourth-order valence-electron chi connectivity index (χ4n) is 5.28. The number of fused-ring (bicyclic) bond motifs is 1. The number of hydrogen-bond acceptors (Lipinski definition) is 6. The summed E-state index contributed by atoms with van der Waals surface area (Å²) in [4.78, 5) is 5.24. The summed E-state index contributed by atoms with van der Waals surface area (Å²) < 4.78 is 72.6. The molecule has 0 amide bonds. The molecule has 3 aliphatic rings. The van der Waals surface area contributed by atoms with Crippen molar-refractivity contribution in [3.8, 4) is 0 Å². The molecule has 2 saturated heterocycles. The third-order valence-corrected chi connectivity index (χ3v) is 7.41. The molecule has 214 valence electrons. The van der Waals surface area contributed by atoms with Crippen molar-refractivity contribution in [2.75, 3.05) is 26.3 Å². The molecular formula is C26H38B2F5N5O. The molecule has 1 aromatic heterocycles. The molecule has 6 nitrogen and oxygen atoms in total. The zero-order valence-corrected chi connectivity index (χ0v) is 22.6. The van der Waals surface area contributed by atoms with E-state index in [1.807, 2.05) is 13.8 Å². The van der Waals surface area contributed by atoms with Gasteiger partial charge >= 0.3 is 6.18 Å². The molecule has 2 aliphatic heterocycles. The number of allylic oxidation sites excluding steroid dienone is 2. The number of alkyl halides is 5. The van der Waals surface area contributed by atoms with Crippen LogP contribution in [0.15, 0.2) is 36.4 Å². The van der Waals surface area contributed by atoms with Crippen LogP contribution in [0.3, 0.4) is 0 Å². The van der Waals surface area contributed by atoms with Gasteiger partial charge in [0.05, 0.1) is 27.1 Å². The number of nitrogens with zero attached hydrogens (tertiary/aromatic N) is 2. The lowest BCUT2D eigenvalue weighted by Gasteiger charge is -2.47. The van der Waals surface area contributed by atoms with Crippen molar-refractivity contribution in [1.29, 1.82) is 0 Å². The molecular weight excluding hydrogens is 515 g/mol. The molecule has 2 unspecified atom stereocenters. The van der Waals surface area contributed by atoms with Crippen molar-refractivity contribution in [1.82, 2.24) is 9.88 Å². The zero-order valence-electron chi connectivity index (χ0n) is 22.6. The van der Waals surface area contributed by atoms with E-state index in [4.69, 9.17) is 37.6 Å². The summed E-state index contributed by atoms with van der Waals surface area (Å²) in [7, 11) is 11.9. The molecule has 1 aliphatic carbocycles. The fourth-order valence-corrected chi connectivity index (χ4v) is 5.28. The summed E-state index contributed by atoms with van der Waals surface area (Å²) in [5, 5.41) is -2.03. The van der Waals surface area contributed by atoms with E-state index in [2.05, 4.69) is 4.98 Å². The van der Waals surface area contributed by atoms with E-state index in [1.54, 1.807) is 4.90 Å². The Bertz CT molecular complexity index is 968. The lowest BCUT2D eigenvalue weighted by molar-refractivity contribution is -0.138. The van der Waals surface area contributed by atoms with Crippen LogP contribution in [0.2, 0.25) is 0 Å². The predicted octanol–water partition coefficient (Wildman–Crippen LogP) is 3.96. The highest BCUT2D eigenvalue weighted by Gasteiger charge is 2.56. The Morgan fingerprint density at radius 2 is 1.54 bits per heavy atom. The highest BCUT2D eigenvalue weighted by Crippen LogP contribution is 2.46. The van der Waals surface area contributed by atoms with Crippen LogP contribution in [0.4, 0.5) is 22.0 Å². The average molecular weight is 553 g/mol. The second kappa shape index (κ2) is 13.9. The van der Waals surface area contributed by atoms with Crippen molar-refractivity contribution >= 4 is 21.4 Å². The number of rotatable bonds is 5. The van der Waals surface area contributed by atoms with Gasteiger partial charge in [-0.1, -0.05) is 20.3 Å². The quantitative estimate of drug-likeness (QED) is 0.290. The maximum absolute atomic E-state index is 14.8. The van der Waals surface area contributed by atoms with Gasteiger partial charge in [0.15, 0.2) is 0 Å². The maximum atomic E-state index is 14.8. The van der Waals surface area contributed by atoms with Crippen LogP contribution >= 0.6 is 0 Å². The van der Waals surface area contributed by atoms with E-state index in [0.717, 1.165) is 31.3 Å². The number of nitrogens with two attached hydrogens (primary N) is 3. The number of hydrogen-bond donors (Lipinski definition) is 3. The topological polar surface area (TPSA) is 103 Å². The van der Waals surface area contributed by atoms with Gasteiger partial charge in [-0.2, -0.15) is 13.2 Å². The lowest BCUT2D eigenvalue weighted by Crippen LogP contribution is -2.64. The molecule has 0 spiro atoms. The van der Waals surface area contributed by atoms with E-state index in [1.165, 1.54) is 18.6 Å². The summed E-state index contributed by atoms with van der Waals surface area (Å²) in [6.45, 7) is 6.00. The van der Waals surface area contributed by atoms with E-state index < -0.39 is 28.9 Å². The van der Waals surface area contributed by atoms with Gasteiger partial charge in [0, 0.05) is 61.2 Å². The van der Waals surface area contributed by atoms with Crippen LogP contribution in [-0.4, -0.2) is 63.1 Å². The average Bonchev–Trinajstić information content (AvgIpc) is 3.52. The molecule has 2 atom stereocenters. The Labute approximate surface area is 230 Å². The molecule has 1 saturated carbocycles. The van der Waals surface area contributed by atoms with Crippen LogP contribution in [0, 0.1) is 17.8 Å². The number of likely N-dealkylation sites (tertiary alicyclic amines) is 1. The molecule has 13 heteroatoms. The normalized spacial score (nSPS) is 22.7. The first kappa shape index (κ1) is 32.9. The Morgan fingerprint density at radius 1 is 0.974 bits per heavy atom. The van der Waals surface area contributed by atoms with Gasteiger partial charge in [-0.05, 0) is 55.7 Å². The summed E-state index contributed by atoms with van der Waals surface area (Å²) in [6.07, 6.45) is 4.14. The predicted molar refractivity (Wildman–Crippen MR) is 144 cm³/mol. The Hall–Kier alpha value is -2.27. The first-order valence-corrected chi connectivity index (χ1v) is 13.2. The van der Waals surface area contributed by atoms with Crippen LogP contribution in [0.1, 0.15) is 57.1 Å². The highest BCUT2D eigenvalue weighted by molar-refractivity contribution is 6.40. The molecule has 0 bridgehead atoms. The number of ether oxygens (including phenoxy) is 1. The van der Waals surface area contributed by atoms with Crippen molar-refractivity contribution in [3.05, 3.63) is 47.6 Å². The van der Waals surface area contributed by atoms with Crippen molar-refractivity contribution in [2.45, 2.75) is 63.4 Å². The van der Waals surface area contributed by atoms with Crippen LogP contribution in [0.25, 0.3) is 5.70 Å². The van der Waals surface area contributed by atoms with Gasteiger partial charge in [0.25, 0.3) is 5.92 Å². The van der Waals surface area contributed by atoms with Crippen LogP contribution in [0.5, 0.6) is 0 Å². The summed E-state index contributed by atoms with van der Waals surface area (Å²) in [5.74, 6) is -2.88. The van der Waals surface area contributed by atoms with Crippen LogP contribution < -0.4 is 17.2 Å². The second-order valence-corrected chi connectivity index (χ2v) is 9.90. The summed E-state index contributed by atoms with van der Waals surface area (Å²) in [6, 6.07) is 0.853. The SMILES string of the molecule is CC.NC(N)=C/C=C(\N)c1cnccc1C(F)(F)F.[B]C([B])(N1CC2CCCC2C1)C(F)(F)C1CCOCC1. The number of halogens is 5. The van der Waals surface area contributed by atoms with Gasteiger partial charge in [0.2, 0.25) is 0 Å². The lowest BCUT2D eigenvalue weighted by atomic mass is 9.54. The summed E-state index contributed by atoms with van der Waals surface area (Å²) >= 11 is 0. The molecule has 0 aromatic carbocycles. The van der Waals surface area contributed by atoms with Crippen molar-refractivity contribution in [2.24, 2.45) is 35.0 Å². The van der Waals surface area contributed by atoms with E-state index >= 15 is 0 Å². The van der Waals surface area contributed by atoms with Gasteiger partial charge in [-0.25, -0.2) is 8.78 Å². The van der Waals surface area contributed by atoms with Gasteiger partial charge in [-0.15, -0.1) is 0 Å². The van der Waals surface area contributed by atoms with E-state index in [0.29, 0.717) is 51.0 Å². The molecule has 3 fully saturated rings. The van der Waals surface area contributed by atoms with E-state index in [-0.39, 0.29) is 17.1 Å². The largest absolute Gasteiger partial charge is 0.417 e. The molecule has 6 N–H and O–H groups in total. The molecule has 4 radical (unpaired) electrons. The monoisotopic (exact) mass is 553 g/mol. The van der Waals surface area contributed by atoms with Crippen molar-refractivity contribution in [3.63, 3.8) is 0 Å². The Kier molecular flexibility index (Phi) is 11.7. The van der Waals surface area contributed by atoms with Gasteiger partial charge in [0.1, 0.15) is 0 Å². The maximum Gasteiger partial charge on any atom is 0.417 e. The third kappa shape index (κ3) is 8.13. The molecule has 4 rings (SSSR count). The minimum absolute atomic E-state index is 0.0506. The number of aromatic nitrogens is 1. The number of pyridine rings is 1. The second-order valence-electron chi connectivity index (χ2n) is 9.90. The third-order valence-electron chi connectivity index (χ3n) is 7.41. The minimum Gasteiger partial charge on any atom is -0.398 e. The van der Waals surface area contributed by atoms with Gasteiger partial charge < -0.3 is 26.8 Å². The first-order valence-electron chi connectivity index (χ1n) is 13.2. The van der Waals surface area contributed by atoms with Crippen LogP contribution in [-0.2, 0) is 10.9 Å². The standard InChI is InChI=1S/C14H21B2F2NO.C10H11F3N4.C2H6/c15-14(16,13(17,18)12-4-6-20-7-5-12)19-8-10-2-1-3-11(10)9-19;11-10(12,13)7-3-4-17-5-6(7)8(14)1-2-9(15)16;1-2/h10-12H,1-9H2;1-5H,14-16H2;1-2H3/b;8-1-;. The zero-order chi connectivity index (χ0) is 29.4. The molecule has 1 aromatic rings. The molecule has 39 heavy (non-hydrogen) atoms.